The Hall–Kier alpha value is -4.73. The van der Waals surface area contributed by atoms with E-state index in [1.807, 2.05) is 42.5 Å². The average Bonchev–Trinajstić information content (AvgIpc) is 3.00. The van der Waals surface area contributed by atoms with Crippen molar-refractivity contribution < 1.29 is 33.0 Å². The number of hydrogen-bond donors (Lipinski definition) is 1. The molecule has 9 nitrogen and oxygen atoms in total. The van der Waals surface area contributed by atoms with E-state index in [0.29, 0.717) is 5.56 Å². The third kappa shape index (κ3) is 8.47. The SMILES string of the molecule is C=CC[C@H]1C(=O)N([C@@H](Cc2ccc3ccccc3c2)C(=O)OC)CCN1C(=O)[C@@H](Cc1ccc(F)cc1)NC(=O)OC(C)(C)C. The lowest BCUT2D eigenvalue weighted by Crippen LogP contribution is -2.65. The van der Waals surface area contributed by atoms with Gasteiger partial charge in [0.25, 0.3) is 0 Å². The summed E-state index contributed by atoms with van der Waals surface area (Å²) in [4.78, 5) is 56.8. The smallest absolute Gasteiger partial charge is 0.408 e. The monoisotopic (exact) mass is 617 g/mol. The molecule has 3 aromatic carbocycles. The number of nitrogens with zero attached hydrogens (tertiary/aromatic N) is 2. The van der Waals surface area contributed by atoms with E-state index in [9.17, 15) is 23.6 Å². The van der Waals surface area contributed by atoms with E-state index in [2.05, 4.69) is 11.9 Å². The minimum Gasteiger partial charge on any atom is -0.467 e. The van der Waals surface area contributed by atoms with Crippen LogP contribution in [0.3, 0.4) is 0 Å². The summed E-state index contributed by atoms with van der Waals surface area (Å²) >= 11 is 0. The maximum Gasteiger partial charge on any atom is 0.408 e. The van der Waals surface area contributed by atoms with Gasteiger partial charge in [-0.15, -0.1) is 6.58 Å². The summed E-state index contributed by atoms with van der Waals surface area (Å²) in [7, 11) is 1.28. The molecule has 0 aliphatic carbocycles. The number of halogens is 1. The van der Waals surface area contributed by atoms with Crippen LogP contribution in [0.4, 0.5) is 9.18 Å². The number of nitrogens with one attached hydrogen (secondary N) is 1. The van der Waals surface area contributed by atoms with E-state index in [4.69, 9.17) is 9.47 Å². The van der Waals surface area contributed by atoms with Gasteiger partial charge < -0.3 is 24.6 Å². The van der Waals surface area contributed by atoms with Crippen LogP contribution >= 0.6 is 0 Å². The first kappa shape index (κ1) is 33.2. The molecule has 10 heteroatoms. The van der Waals surface area contributed by atoms with Crippen molar-refractivity contribution in [3.8, 4) is 0 Å². The Bertz CT molecular complexity index is 1550. The van der Waals surface area contributed by atoms with Crippen molar-refractivity contribution in [2.75, 3.05) is 20.2 Å². The van der Waals surface area contributed by atoms with Gasteiger partial charge in [0, 0.05) is 25.9 Å². The Morgan fingerprint density at radius 3 is 2.31 bits per heavy atom. The molecule has 3 atom stereocenters. The molecule has 4 rings (SSSR count). The van der Waals surface area contributed by atoms with Crippen molar-refractivity contribution in [2.45, 2.75) is 63.8 Å². The van der Waals surface area contributed by atoms with Gasteiger partial charge in [0.15, 0.2) is 0 Å². The van der Waals surface area contributed by atoms with Crippen molar-refractivity contribution in [3.63, 3.8) is 0 Å². The lowest BCUT2D eigenvalue weighted by atomic mass is 9.97. The highest BCUT2D eigenvalue weighted by Crippen LogP contribution is 2.24. The van der Waals surface area contributed by atoms with E-state index < -0.39 is 53.4 Å². The number of ether oxygens (including phenoxy) is 2. The number of esters is 1. The lowest BCUT2D eigenvalue weighted by Gasteiger charge is -2.44. The van der Waals surface area contributed by atoms with Crippen LogP contribution in [0.5, 0.6) is 0 Å². The summed E-state index contributed by atoms with van der Waals surface area (Å²) in [5.41, 5.74) is 0.655. The number of piperazine rings is 1. The van der Waals surface area contributed by atoms with Crippen LogP contribution in [-0.4, -0.2) is 77.6 Å². The van der Waals surface area contributed by atoms with Crippen LogP contribution in [0.2, 0.25) is 0 Å². The van der Waals surface area contributed by atoms with Crippen LogP contribution in [0.25, 0.3) is 10.8 Å². The molecule has 1 heterocycles. The number of rotatable bonds is 10. The minimum atomic E-state index is -1.11. The molecule has 0 spiro atoms. The van der Waals surface area contributed by atoms with Crippen LogP contribution in [-0.2, 0) is 36.7 Å². The highest BCUT2D eigenvalue weighted by atomic mass is 19.1. The number of alkyl carbamates (subject to hydrolysis) is 1. The molecule has 45 heavy (non-hydrogen) atoms. The van der Waals surface area contributed by atoms with Crippen molar-refractivity contribution in [1.82, 2.24) is 15.1 Å². The van der Waals surface area contributed by atoms with Crippen LogP contribution in [0.1, 0.15) is 38.3 Å². The quantitative estimate of drug-likeness (QED) is 0.259. The van der Waals surface area contributed by atoms with E-state index in [1.165, 1.54) is 41.2 Å². The van der Waals surface area contributed by atoms with Gasteiger partial charge in [0.05, 0.1) is 7.11 Å². The molecule has 0 unspecified atom stereocenters. The molecule has 0 radical (unpaired) electrons. The van der Waals surface area contributed by atoms with Gasteiger partial charge in [-0.25, -0.2) is 14.0 Å². The third-order valence-corrected chi connectivity index (χ3v) is 7.63. The summed E-state index contributed by atoms with van der Waals surface area (Å²) < 4.78 is 24.1. The number of methoxy groups -OCH3 is 1. The van der Waals surface area contributed by atoms with Crippen molar-refractivity contribution in [1.29, 1.82) is 0 Å². The molecule has 1 aliphatic heterocycles. The first-order valence-electron chi connectivity index (χ1n) is 14.9. The standard InChI is InChI=1S/C35H40FN3O6/c1-6-9-29-32(41)39(30(33(42)44-5)22-24-12-15-25-10-7-8-11-26(25)20-24)19-18-38(29)31(40)28(37-34(43)45-35(2,3)4)21-23-13-16-27(36)17-14-23/h6-8,10-17,20,28-30H,1,9,18-19,21-22H2,2-5H3,(H,37,43)/t28-,29+,30+/m1/s1. The van der Waals surface area contributed by atoms with Crippen molar-refractivity contribution in [3.05, 3.63) is 96.3 Å². The number of amides is 3. The molecule has 0 aromatic heterocycles. The summed E-state index contributed by atoms with van der Waals surface area (Å²) in [6, 6.07) is 16.4. The zero-order valence-electron chi connectivity index (χ0n) is 26.1. The summed E-state index contributed by atoms with van der Waals surface area (Å²) in [5, 5.41) is 4.71. The van der Waals surface area contributed by atoms with E-state index in [1.54, 1.807) is 26.8 Å². The van der Waals surface area contributed by atoms with Gasteiger partial charge in [0.2, 0.25) is 11.8 Å². The first-order valence-corrected chi connectivity index (χ1v) is 14.9. The fourth-order valence-corrected chi connectivity index (χ4v) is 5.52. The summed E-state index contributed by atoms with van der Waals surface area (Å²) in [6.45, 7) is 9.07. The molecule has 3 aromatic rings. The summed E-state index contributed by atoms with van der Waals surface area (Å²) in [6.07, 6.45) is 1.14. The van der Waals surface area contributed by atoms with Crippen LogP contribution in [0.15, 0.2) is 79.4 Å². The van der Waals surface area contributed by atoms with Crippen molar-refractivity contribution in [2.24, 2.45) is 0 Å². The van der Waals surface area contributed by atoms with Gasteiger partial charge in [-0.3, -0.25) is 9.59 Å². The first-order chi connectivity index (χ1) is 21.4. The second-order valence-electron chi connectivity index (χ2n) is 12.1. The average molecular weight is 618 g/mol. The number of fused-ring (bicyclic) bond motifs is 1. The fraction of sp³-hybridized carbons (Fsp3) is 0.371. The molecular formula is C35H40FN3O6. The molecule has 1 saturated heterocycles. The number of benzene rings is 3. The number of carbonyl (C=O) groups excluding carboxylic acids is 4. The Morgan fingerprint density at radius 1 is 1.00 bits per heavy atom. The van der Waals surface area contributed by atoms with Crippen LogP contribution < -0.4 is 5.32 Å². The van der Waals surface area contributed by atoms with Gasteiger partial charge in [-0.2, -0.15) is 0 Å². The molecule has 1 N–H and O–H groups in total. The summed E-state index contributed by atoms with van der Waals surface area (Å²) in [5.74, 6) is -1.93. The molecule has 1 fully saturated rings. The van der Waals surface area contributed by atoms with E-state index >= 15 is 0 Å². The fourth-order valence-electron chi connectivity index (χ4n) is 5.52. The third-order valence-electron chi connectivity index (χ3n) is 7.63. The van der Waals surface area contributed by atoms with Gasteiger partial charge >= 0.3 is 12.1 Å². The van der Waals surface area contributed by atoms with Crippen molar-refractivity contribution >= 4 is 34.6 Å². The Labute approximate surface area is 263 Å². The normalized spacial score (nSPS) is 16.6. The zero-order valence-corrected chi connectivity index (χ0v) is 26.1. The highest BCUT2D eigenvalue weighted by molar-refractivity contribution is 5.94. The van der Waals surface area contributed by atoms with E-state index in [-0.39, 0.29) is 32.4 Å². The molecule has 1 aliphatic rings. The highest BCUT2D eigenvalue weighted by Gasteiger charge is 2.43. The molecule has 3 amide bonds. The number of carbonyl (C=O) groups is 4. The second kappa shape index (κ2) is 14.4. The lowest BCUT2D eigenvalue weighted by molar-refractivity contribution is -0.161. The van der Waals surface area contributed by atoms with Crippen LogP contribution in [0, 0.1) is 5.82 Å². The predicted octanol–water partition coefficient (Wildman–Crippen LogP) is 4.81. The second-order valence-corrected chi connectivity index (χ2v) is 12.1. The Kier molecular flexibility index (Phi) is 10.6. The topological polar surface area (TPSA) is 105 Å². The van der Waals surface area contributed by atoms with Gasteiger partial charge in [0.1, 0.15) is 29.5 Å². The predicted molar refractivity (Wildman–Crippen MR) is 169 cm³/mol. The van der Waals surface area contributed by atoms with E-state index in [0.717, 1.165) is 16.3 Å². The minimum absolute atomic E-state index is 0.0420. The maximum absolute atomic E-state index is 14.1. The number of hydrogen-bond acceptors (Lipinski definition) is 6. The zero-order chi connectivity index (χ0) is 32.7. The molecule has 0 bridgehead atoms. The molecular weight excluding hydrogens is 577 g/mol. The Morgan fingerprint density at radius 2 is 1.67 bits per heavy atom. The largest absolute Gasteiger partial charge is 0.467 e. The molecule has 0 saturated carbocycles. The maximum atomic E-state index is 14.1. The Balaban J connectivity index is 1.60. The van der Waals surface area contributed by atoms with Gasteiger partial charge in [-0.1, -0.05) is 60.7 Å². The molecule has 238 valence electrons. The van der Waals surface area contributed by atoms with Gasteiger partial charge in [-0.05, 0) is 61.2 Å².